The summed E-state index contributed by atoms with van der Waals surface area (Å²) in [7, 11) is 1.79. The molecule has 0 N–H and O–H groups in total. The molecular weight excluding hydrogens is 239 g/mol. The molecule has 0 radical (unpaired) electrons. The summed E-state index contributed by atoms with van der Waals surface area (Å²) in [6.45, 7) is 0. The van der Waals surface area contributed by atoms with Gasteiger partial charge in [-0.25, -0.2) is 14.1 Å². The van der Waals surface area contributed by atoms with Gasteiger partial charge in [0.05, 0.1) is 11.6 Å². The van der Waals surface area contributed by atoms with Gasteiger partial charge in [0, 0.05) is 12.8 Å². The van der Waals surface area contributed by atoms with Crippen molar-refractivity contribution >= 4 is 11.8 Å². The minimum absolute atomic E-state index is 0.332. The third kappa shape index (κ3) is 2.82. The zero-order chi connectivity index (χ0) is 12.3. The molecule has 0 unspecified atom stereocenters. The molecule has 1 aromatic carbocycles. The van der Waals surface area contributed by atoms with E-state index in [0.717, 1.165) is 10.7 Å². The largest absolute Gasteiger partial charge is 0.244 e. The summed E-state index contributed by atoms with van der Waals surface area (Å²) >= 11 is 1.45. The number of hydrogen-bond acceptors (Lipinski definition) is 4. The molecule has 0 aliphatic rings. The highest BCUT2D eigenvalue weighted by Crippen LogP contribution is 2.21. The Morgan fingerprint density at radius 2 is 2.29 bits per heavy atom. The Kier molecular flexibility index (Phi) is 3.40. The molecule has 0 aliphatic carbocycles. The second kappa shape index (κ2) is 4.97. The van der Waals surface area contributed by atoms with Crippen LogP contribution in [0, 0.1) is 17.1 Å². The van der Waals surface area contributed by atoms with Crippen molar-refractivity contribution in [1.29, 1.82) is 5.26 Å². The van der Waals surface area contributed by atoms with Crippen LogP contribution in [0.25, 0.3) is 0 Å². The van der Waals surface area contributed by atoms with Crippen LogP contribution in [0.15, 0.2) is 29.7 Å². The predicted molar refractivity (Wildman–Crippen MR) is 61.7 cm³/mol. The number of aromatic nitrogens is 3. The molecule has 0 bridgehead atoms. The maximum Gasteiger partial charge on any atom is 0.186 e. The van der Waals surface area contributed by atoms with E-state index in [2.05, 4.69) is 10.1 Å². The smallest absolute Gasteiger partial charge is 0.186 e. The van der Waals surface area contributed by atoms with Crippen molar-refractivity contribution in [2.24, 2.45) is 7.05 Å². The van der Waals surface area contributed by atoms with Crippen LogP contribution in [0.3, 0.4) is 0 Å². The Morgan fingerprint density at radius 1 is 1.47 bits per heavy atom. The quantitative estimate of drug-likeness (QED) is 0.781. The maximum atomic E-state index is 13.2. The maximum absolute atomic E-state index is 13.2. The lowest BCUT2D eigenvalue weighted by molar-refractivity contribution is 0.626. The fourth-order valence-electron chi connectivity index (χ4n) is 1.36. The summed E-state index contributed by atoms with van der Waals surface area (Å²) in [5, 5.41) is 13.4. The highest BCUT2D eigenvalue weighted by molar-refractivity contribution is 7.98. The summed E-state index contributed by atoms with van der Waals surface area (Å²) in [6, 6.07) is 6.24. The lowest BCUT2D eigenvalue weighted by atomic mass is 10.1. The van der Waals surface area contributed by atoms with Gasteiger partial charge in [0.2, 0.25) is 0 Å². The second-order valence-corrected chi connectivity index (χ2v) is 4.36. The number of nitrogens with zero attached hydrogens (tertiary/aromatic N) is 4. The van der Waals surface area contributed by atoms with Crippen LogP contribution >= 0.6 is 11.8 Å². The molecule has 0 aliphatic heterocycles. The highest BCUT2D eigenvalue weighted by atomic mass is 32.2. The highest BCUT2D eigenvalue weighted by Gasteiger charge is 2.04. The minimum atomic E-state index is -0.391. The van der Waals surface area contributed by atoms with Gasteiger partial charge in [-0.15, -0.1) is 0 Å². The number of nitriles is 1. The third-order valence-corrected chi connectivity index (χ3v) is 3.23. The van der Waals surface area contributed by atoms with E-state index in [1.807, 2.05) is 6.07 Å². The zero-order valence-corrected chi connectivity index (χ0v) is 9.91. The molecule has 0 amide bonds. The van der Waals surface area contributed by atoms with Crippen LogP contribution in [0.5, 0.6) is 0 Å². The monoisotopic (exact) mass is 248 g/mol. The normalized spacial score (nSPS) is 10.2. The van der Waals surface area contributed by atoms with Gasteiger partial charge >= 0.3 is 0 Å². The van der Waals surface area contributed by atoms with E-state index in [0.29, 0.717) is 11.3 Å². The van der Waals surface area contributed by atoms with Crippen molar-refractivity contribution in [2.75, 3.05) is 0 Å². The van der Waals surface area contributed by atoms with Crippen molar-refractivity contribution in [1.82, 2.24) is 14.8 Å². The summed E-state index contributed by atoms with van der Waals surface area (Å²) in [5.41, 5.74) is 1.09. The molecular formula is C11H9FN4S. The average molecular weight is 248 g/mol. The molecule has 2 aromatic rings. The number of rotatable bonds is 3. The molecule has 0 spiro atoms. The van der Waals surface area contributed by atoms with Gasteiger partial charge in [-0.1, -0.05) is 11.8 Å². The Bertz CT molecular complexity index is 573. The van der Waals surface area contributed by atoms with Crippen molar-refractivity contribution < 1.29 is 4.39 Å². The summed E-state index contributed by atoms with van der Waals surface area (Å²) in [4.78, 5) is 4.05. The van der Waals surface area contributed by atoms with Gasteiger partial charge < -0.3 is 0 Å². The first-order valence-corrected chi connectivity index (χ1v) is 5.84. The Morgan fingerprint density at radius 3 is 2.94 bits per heavy atom. The van der Waals surface area contributed by atoms with Crippen molar-refractivity contribution in [3.05, 3.63) is 41.5 Å². The molecule has 0 atom stereocenters. The molecule has 0 saturated carbocycles. The Balaban J connectivity index is 2.12. The summed E-state index contributed by atoms with van der Waals surface area (Å²) < 4.78 is 14.8. The topological polar surface area (TPSA) is 54.5 Å². The van der Waals surface area contributed by atoms with Crippen LogP contribution in [-0.2, 0) is 12.8 Å². The predicted octanol–water partition coefficient (Wildman–Crippen LogP) is 2.12. The van der Waals surface area contributed by atoms with Gasteiger partial charge in [0.1, 0.15) is 12.1 Å². The lowest BCUT2D eigenvalue weighted by Crippen LogP contribution is -1.93. The van der Waals surface area contributed by atoms with Gasteiger partial charge in [-0.2, -0.15) is 10.4 Å². The number of hydrogen-bond donors (Lipinski definition) is 0. The molecule has 1 heterocycles. The van der Waals surface area contributed by atoms with Crippen LogP contribution in [0.4, 0.5) is 4.39 Å². The zero-order valence-electron chi connectivity index (χ0n) is 9.09. The van der Waals surface area contributed by atoms with Crippen molar-refractivity contribution in [3.8, 4) is 6.07 Å². The van der Waals surface area contributed by atoms with E-state index in [4.69, 9.17) is 5.26 Å². The third-order valence-electron chi connectivity index (χ3n) is 2.12. The Labute approximate surface area is 102 Å². The fraction of sp³-hybridized carbons (Fsp3) is 0.182. The summed E-state index contributed by atoms with van der Waals surface area (Å²) in [6.07, 6.45) is 1.47. The van der Waals surface area contributed by atoms with Crippen molar-refractivity contribution in [3.63, 3.8) is 0 Å². The van der Waals surface area contributed by atoms with Crippen LogP contribution in [0.1, 0.15) is 11.1 Å². The van der Waals surface area contributed by atoms with Gasteiger partial charge in [-0.05, 0) is 23.8 Å². The number of benzene rings is 1. The van der Waals surface area contributed by atoms with E-state index in [-0.39, 0.29) is 0 Å². The standard InChI is InChI=1S/C11H9FN4S/c1-16-11(14-7-15-16)17-6-9-2-8(5-13)3-10(12)4-9/h2-4,7H,6H2,1H3. The first kappa shape index (κ1) is 11.6. The second-order valence-electron chi connectivity index (χ2n) is 3.41. The SMILES string of the molecule is Cn1ncnc1SCc1cc(F)cc(C#N)c1. The lowest BCUT2D eigenvalue weighted by Gasteiger charge is -2.02. The van der Waals surface area contributed by atoms with Gasteiger partial charge in [0.15, 0.2) is 5.16 Å². The van der Waals surface area contributed by atoms with Crippen LogP contribution in [-0.4, -0.2) is 14.8 Å². The Hall–Kier alpha value is -1.87. The number of halogens is 1. The van der Waals surface area contributed by atoms with Crippen molar-refractivity contribution in [2.45, 2.75) is 10.9 Å². The molecule has 1 aromatic heterocycles. The van der Waals surface area contributed by atoms with E-state index < -0.39 is 5.82 Å². The molecule has 0 fully saturated rings. The van der Waals surface area contributed by atoms with E-state index in [1.165, 1.54) is 30.2 Å². The first-order chi connectivity index (χ1) is 8.19. The molecule has 86 valence electrons. The van der Waals surface area contributed by atoms with E-state index in [1.54, 1.807) is 17.8 Å². The molecule has 2 rings (SSSR count). The summed E-state index contributed by atoms with van der Waals surface area (Å²) in [5.74, 6) is 0.163. The number of aryl methyl sites for hydroxylation is 1. The van der Waals surface area contributed by atoms with E-state index in [9.17, 15) is 4.39 Å². The fourth-order valence-corrected chi connectivity index (χ4v) is 2.18. The van der Waals surface area contributed by atoms with E-state index >= 15 is 0 Å². The van der Waals surface area contributed by atoms with Crippen LogP contribution in [0.2, 0.25) is 0 Å². The molecule has 0 saturated heterocycles. The number of thioether (sulfide) groups is 1. The van der Waals surface area contributed by atoms with Gasteiger partial charge in [0.25, 0.3) is 0 Å². The average Bonchev–Trinajstić information content (AvgIpc) is 2.71. The van der Waals surface area contributed by atoms with Gasteiger partial charge in [-0.3, -0.25) is 0 Å². The van der Waals surface area contributed by atoms with Crippen LogP contribution < -0.4 is 0 Å². The molecule has 6 heteroatoms. The minimum Gasteiger partial charge on any atom is -0.244 e. The first-order valence-electron chi connectivity index (χ1n) is 4.85. The molecule has 17 heavy (non-hydrogen) atoms. The molecule has 4 nitrogen and oxygen atoms in total.